The van der Waals surface area contributed by atoms with Crippen molar-refractivity contribution in [2.45, 2.75) is 12.5 Å². The number of benzene rings is 2. The molecule has 4 aromatic rings. The van der Waals surface area contributed by atoms with Crippen molar-refractivity contribution < 1.29 is 14.3 Å². The molecule has 6 nitrogen and oxygen atoms in total. The van der Waals surface area contributed by atoms with Crippen molar-refractivity contribution in [2.75, 3.05) is 7.11 Å². The Morgan fingerprint density at radius 3 is 2.55 bits per heavy atom. The van der Waals surface area contributed by atoms with Crippen LogP contribution in [0.4, 0.5) is 0 Å². The Bertz CT molecular complexity index is 1200. The number of fused-ring (bicyclic) bond motifs is 2. The summed E-state index contributed by atoms with van der Waals surface area (Å²) in [6.07, 6.45) is 1.81. The molecule has 144 valence electrons. The van der Waals surface area contributed by atoms with E-state index in [0.29, 0.717) is 16.8 Å². The molecule has 1 amide bonds. The Labute approximate surface area is 167 Å². The number of para-hydroxylation sites is 2. The smallest absolute Gasteiger partial charge is 0.328 e. The number of nitrogens with zero attached hydrogens (tertiary/aromatic N) is 2. The van der Waals surface area contributed by atoms with Crippen molar-refractivity contribution in [1.82, 2.24) is 15.3 Å². The molecule has 0 fully saturated rings. The van der Waals surface area contributed by atoms with Gasteiger partial charge in [0.25, 0.3) is 5.91 Å². The van der Waals surface area contributed by atoms with E-state index in [2.05, 4.69) is 15.3 Å². The third-order valence-corrected chi connectivity index (χ3v) is 4.75. The van der Waals surface area contributed by atoms with E-state index < -0.39 is 12.0 Å². The van der Waals surface area contributed by atoms with Gasteiger partial charge in [0, 0.05) is 29.1 Å². The van der Waals surface area contributed by atoms with E-state index >= 15 is 0 Å². The first-order valence-corrected chi connectivity index (χ1v) is 9.23. The van der Waals surface area contributed by atoms with Gasteiger partial charge in [-0.25, -0.2) is 4.79 Å². The maximum absolute atomic E-state index is 12.9. The molecule has 2 heterocycles. The number of pyridine rings is 2. The number of methoxy groups -OCH3 is 1. The fraction of sp³-hybridized carbons (Fsp3) is 0.130. The lowest BCUT2D eigenvalue weighted by molar-refractivity contribution is -0.142. The number of amides is 1. The maximum Gasteiger partial charge on any atom is 0.328 e. The van der Waals surface area contributed by atoms with Crippen LogP contribution < -0.4 is 5.32 Å². The molecule has 6 heteroatoms. The molecule has 4 rings (SSSR count). The molecule has 0 saturated heterocycles. The number of ether oxygens (including phenoxy) is 1. The monoisotopic (exact) mass is 385 g/mol. The van der Waals surface area contributed by atoms with Gasteiger partial charge in [0.1, 0.15) is 6.04 Å². The molecule has 0 spiro atoms. The van der Waals surface area contributed by atoms with E-state index in [4.69, 9.17) is 4.74 Å². The second kappa shape index (κ2) is 8.06. The largest absolute Gasteiger partial charge is 0.467 e. The molecule has 0 saturated carbocycles. The summed E-state index contributed by atoms with van der Waals surface area (Å²) in [5.74, 6) is -0.883. The average Bonchev–Trinajstić information content (AvgIpc) is 2.77. The van der Waals surface area contributed by atoms with Gasteiger partial charge in [-0.3, -0.25) is 14.8 Å². The van der Waals surface area contributed by atoms with Gasteiger partial charge in [-0.05, 0) is 24.3 Å². The minimum atomic E-state index is -0.854. The molecule has 29 heavy (non-hydrogen) atoms. The van der Waals surface area contributed by atoms with Crippen LogP contribution in [-0.2, 0) is 16.0 Å². The highest BCUT2D eigenvalue weighted by atomic mass is 16.5. The van der Waals surface area contributed by atoms with Crippen molar-refractivity contribution >= 4 is 33.7 Å². The van der Waals surface area contributed by atoms with E-state index in [9.17, 15) is 9.59 Å². The first kappa shape index (κ1) is 18.6. The lowest BCUT2D eigenvalue weighted by atomic mass is 10.1. The van der Waals surface area contributed by atoms with Gasteiger partial charge < -0.3 is 10.1 Å². The third-order valence-electron chi connectivity index (χ3n) is 4.75. The molecular formula is C23H19N3O3. The van der Waals surface area contributed by atoms with Gasteiger partial charge in [0.05, 0.1) is 23.7 Å². The first-order chi connectivity index (χ1) is 14.2. The Balaban J connectivity index is 1.61. The van der Waals surface area contributed by atoms with Crippen LogP contribution in [0.3, 0.4) is 0 Å². The first-order valence-electron chi connectivity index (χ1n) is 9.23. The highest BCUT2D eigenvalue weighted by molar-refractivity contribution is 6.07. The van der Waals surface area contributed by atoms with Crippen molar-refractivity contribution in [3.63, 3.8) is 0 Å². The van der Waals surface area contributed by atoms with E-state index in [0.717, 1.165) is 16.3 Å². The fourth-order valence-corrected chi connectivity index (χ4v) is 3.30. The van der Waals surface area contributed by atoms with Crippen LogP contribution in [0, 0.1) is 0 Å². The molecule has 1 N–H and O–H groups in total. The molecule has 2 aromatic carbocycles. The Morgan fingerprint density at radius 1 is 0.966 bits per heavy atom. The minimum absolute atomic E-state index is 0.228. The second-order valence-corrected chi connectivity index (χ2v) is 6.62. The number of hydrogen-bond acceptors (Lipinski definition) is 5. The quantitative estimate of drug-likeness (QED) is 0.533. The molecule has 0 unspecified atom stereocenters. The summed E-state index contributed by atoms with van der Waals surface area (Å²) >= 11 is 0. The van der Waals surface area contributed by atoms with Gasteiger partial charge in [-0.2, -0.15) is 0 Å². The lowest BCUT2D eigenvalue weighted by Gasteiger charge is -2.17. The maximum atomic E-state index is 12.9. The molecule has 0 radical (unpaired) electrons. The highest BCUT2D eigenvalue weighted by Gasteiger charge is 2.24. The van der Waals surface area contributed by atoms with Crippen LogP contribution >= 0.6 is 0 Å². The molecular weight excluding hydrogens is 366 g/mol. The topological polar surface area (TPSA) is 81.2 Å². The normalized spacial score (nSPS) is 11.9. The summed E-state index contributed by atoms with van der Waals surface area (Å²) in [4.78, 5) is 34.1. The number of carbonyl (C=O) groups is 2. The number of rotatable bonds is 5. The van der Waals surface area contributed by atoms with Gasteiger partial charge in [-0.15, -0.1) is 0 Å². The van der Waals surface area contributed by atoms with E-state index in [-0.39, 0.29) is 12.3 Å². The summed E-state index contributed by atoms with van der Waals surface area (Å²) in [5, 5.41) is 4.53. The zero-order valence-electron chi connectivity index (χ0n) is 15.8. The second-order valence-electron chi connectivity index (χ2n) is 6.62. The summed E-state index contributed by atoms with van der Waals surface area (Å²) < 4.78 is 4.90. The third kappa shape index (κ3) is 3.91. The Morgan fingerprint density at radius 2 is 1.72 bits per heavy atom. The number of carbonyl (C=O) groups excluding carboxylic acids is 2. The van der Waals surface area contributed by atoms with Gasteiger partial charge in [-0.1, -0.05) is 42.5 Å². The van der Waals surface area contributed by atoms with Gasteiger partial charge in [0.2, 0.25) is 0 Å². The molecule has 0 aliphatic rings. The minimum Gasteiger partial charge on any atom is -0.467 e. The highest BCUT2D eigenvalue weighted by Crippen LogP contribution is 2.17. The van der Waals surface area contributed by atoms with Crippen LogP contribution in [-0.4, -0.2) is 35.0 Å². The number of aromatic nitrogens is 2. The zero-order valence-corrected chi connectivity index (χ0v) is 15.8. The standard InChI is InChI=1S/C23H19N3O3/c1-29-23(28)21(14-16-11-10-15-6-2-4-8-19(15)25-16)26-22(27)18-12-13-24-20-9-5-3-7-17(18)20/h2-13,21H,14H2,1H3,(H,26,27)/t21-/m0/s1. The van der Waals surface area contributed by atoms with Crippen molar-refractivity contribution in [1.29, 1.82) is 0 Å². The predicted molar refractivity (Wildman–Crippen MR) is 110 cm³/mol. The van der Waals surface area contributed by atoms with Crippen molar-refractivity contribution in [2.24, 2.45) is 0 Å². The van der Waals surface area contributed by atoms with E-state index in [1.807, 2.05) is 60.7 Å². The van der Waals surface area contributed by atoms with Gasteiger partial charge in [0.15, 0.2) is 0 Å². The lowest BCUT2D eigenvalue weighted by Crippen LogP contribution is -2.43. The van der Waals surface area contributed by atoms with Crippen molar-refractivity contribution in [3.05, 3.63) is 84.2 Å². The molecule has 0 aliphatic carbocycles. The van der Waals surface area contributed by atoms with Crippen LogP contribution in [0.5, 0.6) is 0 Å². The Kier molecular flexibility index (Phi) is 5.16. The van der Waals surface area contributed by atoms with E-state index in [1.54, 1.807) is 12.3 Å². The molecule has 2 aromatic heterocycles. The van der Waals surface area contributed by atoms with Crippen molar-refractivity contribution in [3.8, 4) is 0 Å². The van der Waals surface area contributed by atoms with Gasteiger partial charge >= 0.3 is 5.97 Å². The summed E-state index contributed by atoms with van der Waals surface area (Å²) in [7, 11) is 1.30. The summed E-state index contributed by atoms with van der Waals surface area (Å²) in [5.41, 5.74) is 2.70. The number of hydrogen-bond donors (Lipinski definition) is 1. The number of nitrogens with one attached hydrogen (secondary N) is 1. The molecule has 1 atom stereocenters. The van der Waals surface area contributed by atoms with Crippen LogP contribution in [0.2, 0.25) is 0 Å². The Hall–Kier alpha value is -3.80. The average molecular weight is 385 g/mol. The van der Waals surface area contributed by atoms with Crippen LogP contribution in [0.15, 0.2) is 72.9 Å². The molecule has 0 bridgehead atoms. The van der Waals surface area contributed by atoms with Crippen LogP contribution in [0.25, 0.3) is 21.8 Å². The predicted octanol–water partition coefficient (Wildman–Crippen LogP) is 3.30. The summed E-state index contributed by atoms with van der Waals surface area (Å²) in [6.45, 7) is 0. The molecule has 0 aliphatic heterocycles. The SMILES string of the molecule is COC(=O)[C@H](Cc1ccc2ccccc2n1)NC(=O)c1ccnc2ccccc12. The van der Waals surface area contributed by atoms with Crippen LogP contribution in [0.1, 0.15) is 16.1 Å². The summed E-state index contributed by atoms with van der Waals surface area (Å²) in [6, 6.07) is 19.7. The van der Waals surface area contributed by atoms with E-state index in [1.165, 1.54) is 7.11 Å². The zero-order chi connectivity index (χ0) is 20.2. The number of esters is 1. The fourth-order valence-electron chi connectivity index (χ4n) is 3.30.